The topological polar surface area (TPSA) is 20.3 Å². The molecule has 0 N–H and O–H groups in total. The normalized spacial score (nSPS) is 16.5. The predicted molar refractivity (Wildman–Crippen MR) is 88.4 cm³/mol. The molecule has 0 radical (unpaired) electrons. The van der Waals surface area contributed by atoms with Crippen LogP contribution in [0.3, 0.4) is 0 Å². The second-order valence-electron chi connectivity index (χ2n) is 5.36. The lowest BCUT2D eigenvalue weighted by atomic mass is 9.89. The fraction of sp³-hybridized carbons (Fsp3) is 0.278. The summed E-state index contributed by atoms with van der Waals surface area (Å²) in [6.07, 6.45) is 5.73. The summed E-state index contributed by atoms with van der Waals surface area (Å²) in [4.78, 5) is 15.3. The van der Waals surface area contributed by atoms with Crippen LogP contribution in [0.1, 0.15) is 29.2 Å². The number of rotatable bonds is 3. The Morgan fingerprint density at radius 2 is 1.86 bits per heavy atom. The highest BCUT2D eigenvalue weighted by atomic mass is 32.1. The monoisotopic (exact) mass is 297 g/mol. The summed E-state index contributed by atoms with van der Waals surface area (Å²) >= 11 is 1.65. The van der Waals surface area contributed by atoms with Crippen molar-refractivity contribution in [2.75, 3.05) is 13.1 Å². The second-order valence-corrected chi connectivity index (χ2v) is 6.34. The van der Waals surface area contributed by atoms with E-state index in [0.717, 1.165) is 30.8 Å². The molecule has 1 aromatic heterocycles. The Morgan fingerprint density at radius 3 is 2.52 bits per heavy atom. The SMILES string of the molecule is O=C(/C=C/c1cccs1)N1CCC(c2ccccc2)CC1. The van der Waals surface area contributed by atoms with Gasteiger partial charge in [-0.15, -0.1) is 11.3 Å². The lowest BCUT2D eigenvalue weighted by Gasteiger charge is -2.31. The fourth-order valence-corrected chi connectivity index (χ4v) is 3.42. The minimum absolute atomic E-state index is 0.134. The van der Waals surface area contributed by atoms with Crippen LogP contribution in [-0.4, -0.2) is 23.9 Å². The van der Waals surface area contributed by atoms with Crippen LogP contribution in [0.2, 0.25) is 0 Å². The number of piperidine rings is 1. The largest absolute Gasteiger partial charge is 0.339 e. The predicted octanol–water partition coefficient (Wildman–Crippen LogP) is 4.17. The first-order chi connectivity index (χ1) is 10.3. The summed E-state index contributed by atoms with van der Waals surface area (Å²) in [7, 11) is 0. The summed E-state index contributed by atoms with van der Waals surface area (Å²) in [6, 6.07) is 14.7. The first kappa shape index (κ1) is 14.1. The molecule has 0 saturated carbocycles. The fourth-order valence-electron chi connectivity index (χ4n) is 2.80. The molecule has 1 aromatic carbocycles. The van der Waals surface area contributed by atoms with Crippen molar-refractivity contribution in [2.45, 2.75) is 18.8 Å². The van der Waals surface area contributed by atoms with Gasteiger partial charge in [-0.2, -0.15) is 0 Å². The highest BCUT2D eigenvalue weighted by Gasteiger charge is 2.22. The summed E-state index contributed by atoms with van der Waals surface area (Å²) in [5.41, 5.74) is 1.40. The smallest absolute Gasteiger partial charge is 0.246 e. The summed E-state index contributed by atoms with van der Waals surface area (Å²) < 4.78 is 0. The molecule has 0 unspecified atom stereocenters. The van der Waals surface area contributed by atoms with Crippen LogP contribution in [0.15, 0.2) is 53.9 Å². The molecule has 1 aliphatic rings. The van der Waals surface area contributed by atoms with E-state index >= 15 is 0 Å². The number of amides is 1. The van der Waals surface area contributed by atoms with Crippen molar-refractivity contribution in [3.05, 3.63) is 64.4 Å². The third-order valence-electron chi connectivity index (χ3n) is 4.01. The van der Waals surface area contributed by atoms with E-state index in [0.29, 0.717) is 5.92 Å². The van der Waals surface area contributed by atoms with E-state index in [-0.39, 0.29) is 5.91 Å². The Bertz CT molecular complexity index is 595. The van der Waals surface area contributed by atoms with Crippen molar-refractivity contribution in [2.24, 2.45) is 0 Å². The molecule has 21 heavy (non-hydrogen) atoms. The number of nitrogens with zero attached hydrogens (tertiary/aromatic N) is 1. The van der Waals surface area contributed by atoms with Crippen molar-refractivity contribution < 1.29 is 4.79 Å². The van der Waals surface area contributed by atoms with Crippen molar-refractivity contribution in [1.29, 1.82) is 0 Å². The molecule has 1 saturated heterocycles. The molecule has 0 atom stereocenters. The molecule has 3 rings (SSSR count). The standard InChI is InChI=1S/C18H19NOS/c20-18(9-8-17-7-4-14-21-17)19-12-10-16(11-13-19)15-5-2-1-3-6-15/h1-9,14,16H,10-13H2/b9-8+. The van der Waals surface area contributed by atoms with Crippen molar-refractivity contribution >= 4 is 23.3 Å². The Kier molecular flexibility index (Phi) is 4.51. The first-order valence-corrected chi connectivity index (χ1v) is 8.26. The second kappa shape index (κ2) is 6.72. The highest BCUT2D eigenvalue weighted by Crippen LogP contribution is 2.27. The maximum Gasteiger partial charge on any atom is 0.246 e. The molecule has 2 aromatic rings. The number of hydrogen-bond donors (Lipinski definition) is 0. The number of likely N-dealkylation sites (tertiary alicyclic amines) is 1. The average molecular weight is 297 g/mol. The zero-order valence-electron chi connectivity index (χ0n) is 11.9. The van der Waals surface area contributed by atoms with Crippen LogP contribution in [0.4, 0.5) is 0 Å². The lowest BCUT2D eigenvalue weighted by Crippen LogP contribution is -2.36. The van der Waals surface area contributed by atoms with Gasteiger partial charge in [0.25, 0.3) is 0 Å². The minimum atomic E-state index is 0.134. The van der Waals surface area contributed by atoms with Gasteiger partial charge in [-0.1, -0.05) is 36.4 Å². The van der Waals surface area contributed by atoms with Crippen LogP contribution in [-0.2, 0) is 4.79 Å². The van der Waals surface area contributed by atoms with Crippen LogP contribution in [0.25, 0.3) is 6.08 Å². The number of carbonyl (C=O) groups excluding carboxylic acids is 1. The van der Waals surface area contributed by atoms with Gasteiger partial charge in [0.15, 0.2) is 0 Å². The summed E-state index contributed by atoms with van der Waals surface area (Å²) in [6.45, 7) is 1.71. The summed E-state index contributed by atoms with van der Waals surface area (Å²) in [5, 5.41) is 2.02. The third-order valence-corrected chi connectivity index (χ3v) is 4.85. The zero-order chi connectivity index (χ0) is 14.5. The number of hydrogen-bond acceptors (Lipinski definition) is 2. The van der Waals surface area contributed by atoms with Gasteiger partial charge in [-0.25, -0.2) is 0 Å². The van der Waals surface area contributed by atoms with E-state index in [1.54, 1.807) is 17.4 Å². The highest BCUT2D eigenvalue weighted by molar-refractivity contribution is 7.10. The van der Waals surface area contributed by atoms with Crippen LogP contribution in [0, 0.1) is 0 Å². The quantitative estimate of drug-likeness (QED) is 0.779. The lowest BCUT2D eigenvalue weighted by molar-refractivity contribution is -0.126. The molecule has 2 nitrogen and oxygen atoms in total. The van der Waals surface area contributed by atoms with Crippen LogP contribution >= 0.6 is 11.3 Å². The molecule has 3 heteroatoms. The molecule has 0 bridgehead atoms. The van der Waals surface area contributed by atoms with E-state index < -0.39 is 0 Å². The third kappa shape index (κ3) is 3.61. The Morgan fingerprint density at radius 1 is 1.10 bits per heavy atom. The molecule has 2 heterocycles. The van der Waals surface area contributed by atoms with Crippen molar-refractivity contribution in [3.63, 3.8) is 0 Å². The molecule has 0 spiro atoms. The van der Waals surface area contributed by atoms with Gasteiger partial charge in [0.2, 0.25) is 5.91 Å². The van der Waals surface area contributed by atoms with Gasteiger partial charge in [-0.05, 0) is 41.8 Å². The van der Waals surface area contributed by atoms with E-state index in [1.165, 1.54) is 5.56 Å². The Balaban J connectivity index is 1.55. The maximum atomic E-state index is 12.2. The van der Waals surface area contributed by atoms with E-state index in [9.17, 15) is 4.79 Å². The van der Waals surface area contributed by atoms with E-state index in [4.69, 9.17) is 0 Å². The van der Waals surface area contributed by atoms with Gasteiger partial charge in [-0.3, -0.25) is 4.79 Å². The zero-order valence-corrected chi connectivity index (χ0v) is 12.8. The van der Waals surface area contributed by atoms with Crippen LogP contribution < -0.4 is 0 Å². The van der Waals surface area contributed by atoms with Crippen molar-refractivity contribution in [3.8, 4) is 0 Å². The molecular formula is C18H19NOS. The van der Waals surface area contributed by atoms with Gasteiger partial charge in [0, 0.05) is 24.0 Å². The molecule has 0 aliphatic carbocycles. The van der Waals surface area contributed by atoms with E-state index in [2.05, 4.69) is 30.3 Å². The number of thiophene rings is 1. The molecule has 1 fully saturated rings. The molecular weight excluding hydrogens is 278 g/mol. The van der Waals surface area contributed by atoms with Gasteiger partial charge >= 0.3 is 0 Å². The molecule has 1 aliphatic heterocycles. The number of carbonyl (C=O) groups is 1. The molecule has 108 valence electrons. The number of benzene rings is 1. The Hall–Kier alpha value is -1.87. The van der Waals surface area contributed by atoms with E-state index in [1.807, 2.05) is 28.5 Å². The van der Waals surface area contributed by atoms with Gasteiger partial charge in [0.1, 0.15) is 0 Å². The maximum absolute atomic E-state index is 12.2. The average Bonchev–Trinajstić information content (AvgIpc) is 3.07. The molecule has 1 amide bonds. The Labute approximate surface area is 129 Å². The van der Waals surface area contributed by atoms with Gasteiger partial charge < -0.3 is 4.90 Å². The van der Waals surface area contributed by atoms with Gasteiger partial charge in [0.05, 0.1) is 0 Å². The summed E-state index contributed by atoms with van der Waals surface area (Å²) in [5.74, 6) is 0.728. The van der Waals surface area contributed by atoms with Crippen molar-refractivity contribution in [1.82, 2.24) is 4.90 Å². The van der Waals surface area contributed by atoms with Crippen LogP contribution in [0.5, 0.6) is 0 Å². The first-order valence-electron chi connectivity index (χ1n) is 7.38. The minimum Gasteiger partial charge on any atom is -0.339 e.